The van der Waals surface area contributed by atoms with E-state index in [-0.39, 0.29) is 12.3 Å². The normalized spacial score (nSPS) is 11.6. The van der Waals surface area contributed by atoms with Crippen molar-refractivity contribution in [1.29, 1.82) is 0 Å². The maximum absolute atomic E-state index is 12.1. The lowest BCUT2D eigenvalue weighted by Crippen LogP contribution is -2.23. The number of aryl methyl sites for hydroxylation is 2. The third-order valence-corrected chi connectivity index (χ3v) is 3.83. The van der Waals surface area contributed by atoms with E-state index >= 15 is 0 Å². The monoisotopic (exact) mass is 338 g/mol. The minimum absolute atomic E-state index is 0.211. The number of nitrogens with zero attached hydrogens (tertiary/aromatic N) is 6. The zero-order valence-electron chi connectivity index (χ0n) is 14.2. The van der Waals surface area contributed by atoms with Crippen molar-refractivity contribution in [3.63, 3.8) is 0 Å². The van der Waals surface area contributed by atoms with Gasteiger partial charge in [0.15, 0.2) is 0 Å². The number of benzene rings is 1. The Kier molecular flexibility index (Phi) is 4.69. The largest absolute Gasteiger partial charge is 0.391 e. The molecule has 25 heavy (non-hydrogen) atoms. The fraction of sp³-hybridized carbons (Fsp3) is 0.235. The molecule has 0 N–H and O–H groups in total. The molecule has 0 unspecified atom stereocenters. The van der Waals surface area contributed by atoms with Crippen molar-refractivity contribution >= 4 is 5.71 Å². The Morgan fingerprint density at radius 3 is 2.76 bits per heavy atom. The molecule has 0 spiro atoms. The average molecular weight is 338 g/mol. The van der Waals surface area contributed by atoms with E-state index in [1.54, 1.807) is 25.5 Å². The second kappa shape index (κ2) is 7.08. The van der Waals surface area contributed by atoms with Gasteiger partial charge in [-0.1, -0.05) is 17.3 Å². The van der Waals surface area contributed by atoms with Gasteiger partial charge in [-0.2, -0.15) is 9.36 Å². The van der Waals surface area contributed by atoms with E-state index in [1.807, 2.05) is 38.1 Å². The lowest BCUT2D eigenvalue weighted by atomic mass is 10.1. The van der Waals surface area contributed by atoms with Crippen LogP contribution < -0.4 is 5.69 Å². The molecule has 0 aliphatic rings. The molecule has 0 aliphatic carbocycles. The van der Waals surface area contributed by atoms with E-state index in [1.165, 1.54) is 9.36 Å². The first kappa shape index (κ1) is 16.6. The van der Waals surface area contributed by atoms with Gasteiger partial charge in [-0.3, -0.25) is 4.98 Å². The summed E-state index contributed by atoms with van der Waals surface area (Å²) < 4.78 is 2.43. The summed E-state index contributed by atoms with van der Waals surface area (Å²) in [6, 6.07) is 9.36. The van der Waals surface area contributed by atoms with Crippen LogP contribution in [-0.4, -0.2) is 30.5 Å². The van der Waals surface area contributed by atoms with Crippen LogP contribution in [0.25, 0.3) is 5.69 Å². The van der Waals surface area contributed by atoms with Gasteiger partial charge in [0.25, 0.3) is 0 Å². The maximum atomic E-state index is 12.1. The van der Waals surface area contributed by atoms with E-state index in [0.29, 0.717) is 5.69 Å². The second-order valence-corrected chi connectivity index (χ2v) is 5.56. The van der Waals surface area contributed by atoms with Gasteiger partial charge in [0.05, 0.1) is 11.4 Å². The molecule has 0 amide bonds. The van der Waals surface area contributed by atoms with Gasteiger partial charge in [-0.25, -0.2) is 4.79 Å². The van der Waals surface area contributed by atoms with Gasteiger partial charge >= 0.3 is 5.69 Å². The predicted molar refractivity (Wildman–Crippen MR) is 92.6 cm³/mol. The van der Waals surface area contributed by atoms with E-state index in [0.717, 1.165) is 22.4 Å². The van der Waals surface area contributed by atoms with E-state index in [9.17, 15) is 4.79 Å². The molecule has 1 aromatic carbocycles. The minimum Gasteiger partial charge on any atom is -0.391 e. The smallest absolute Gasteiger partial charge is 0.368 e. The third kappa shape index (κ3) is 3.47. The summed E-state index contributed by atoms with van der Waals surface area (Å²) in [5, 5.41) is 11.8. The van der Waals surface area contributed by atoms with Crippen LogP contribution in [0.15, 0.2) is 52.7 Å². The Hall–Kier alpha value is -3.29. The van der Waals surface area contributed by atoms with Gasteiger partial charge < -0.3 is 4.84 Å². The lowest BCUT2D eigenvalue weighted by Gasteiger charge is -2.10. The molecule has 0 aliphatic heterocycles. The van der Waals surface area contributed by atoms with E-state index in [2.05, 4.69) is 20.6 Å². The van der Waals surface area contributed by atoms with Crippen LogP contribution in [0.2, 0.25) is 0 Å². The quantitative estimate of drug-likeness (QED) is 0.521. The second-order valence-electron chi connectivity index (χ2n) is 5.56. The van der Waals surface area contributed by atoms with Crippen LogP contribution in [-0.2, 0) is 18.5 Å². The zero-order valence-corrected chi connectivity index (χ0v) is 14.2. The van der Waals surface area contributed by atoms with Crippen LogP contribution in [0.1, 0.15) is 23.6 Å². The summed E-state index contributed by atoms with van der Waals surface area (Å²) in [5.41, 5.74) is 3.73. The Balaban J connectivity index is 1.86. The van der Waals surface area contributed by atoms with Crippen molar-refractivity contribution in [1.82, 2.24) is 24.8 Å². The highest BCUT2D eigenvalue weighted by molar-refractivity contribution is 5.97. The molecular formula is C17H18N6O2. The maximum Gasteiger partial charge on any atom is 0.368 e. The minimum atomic E-state index is -0.318. The van der Waals surface area contributed by atoms with Gasteiger partial charge in [-0.05, 0) is 48.0 Å². The Morgan fingerprint density at radius 1 is 1.24 bits per heavy atom. The average Bonchev–Trinajstić information content (AvgIpc) is 2.96. The molecule has 2 aromatic heterocycles. The van der Waals surface area contributed by atoms with Crippen molar-refractivity contribution in [2.75, 3.05) is 0 Å². The summed E-state index contributed by atoms with van der Waals surface area (Å²) in [6.07, 6.45) is 3.43. The molecule has 128 valence electrons. The topological polar surface area (TPSA) is 87.2 Å². The lowest BCUT2D eigenvalue weighted by molar-refractivity contribution is 0.130. The van der Waals surface area contributed by atoms with Crippen LogP contribution >= 0.6 is 0 Å². The Morgan fingerprint density at radius 2 is 2.08 bits per heavy atom. The molecule has 0 saturated carbocycles. The van der Waals surface area contributed by atoms with Crippen molar-refractivity contribution < 1.29 is 4.84 Å². The Labute approximate surface area is 144 Å². The summed E-state index contributed by atoms with van der Waals surface area (Å²) in [5.74, 6) is 0. The third-order valence-electron chi connectivity index (χ3n) is 3.83. The van der Waals surface area contributed by atoms with Crippen molar-refractivity contribution in [2.45, 2.75) is 20.5 Å². The number of hydrogen-bond donors (Lipinski definition) is 0. The molecule has 8 heteroatoms. The van der Waals surface area contributed by atoms with Crippen LogP contribution in [0.3, 0.4) is 0 Å². The number of aromatic nitrogens is 5. The molecular weight excluding hydrogens is 320 g/mol. The van der Waals surface area contributed by atoms with E-state index in [4.69, 9.17) is 4.84 Å². The van der Waals surface area contributed by atoms with Gasteiger partial charge in [0, 0.05) is 30.6 Å². The molecule has 8 nitrogen and oxygen atoms in total. The van der Waals surface area contributed by atoms with Crippen molar-refractivity contribution in [3.05, 3.63) is 69.9 Å². The number of hydrogen-bond acceptors (Lipinski definition) is 6. The molecule has 0 atom stereocenters. The van der Waals surface area contributed by atoms with Crippen LogP contribution in [0.4, 0.5) is 0 Å². The molecule has 3 aromatic rings. The predicted octanol–water partition coefficient (Wildman–Crippen LogP) is 1.61. The van der Waals surface area contributed by atoms with Crippen molar-refractivity contribution in [2.24, 2.45) is 12.2 Å². The molecule has 3 rings (SSSR count). The number of pyridine rings is 1. The first-order valence-corrected chi connectivity index (χ1v) is 7.72. The summed E-state index contributed by atoms with van der Waals surface area (Å²) in [7, 11) is 1.55. The molecule has 2 heterocycles. The fourth-order valence-corrected chi connectivity index (χ4v) is 2.36. The van der Waals surface area contributed by atoms with Gasteiger partial charge in [0.1, 0.15) is 6.61 Å². The fourth-order valence-electron chi connectivity index (χ4n) is 2.36. The standard InChI is InChI=1S/C17H18N6O2/c1-12-6-4-8-16(23-17(24)22(3)20-21-23)15(12)11-25-19-13(2)14-7-5-9-18-10-14/h4-10H,11H2,1-3H3/b19-13-. The SMILES string of the molecule is C/C(=N/OCc1c(C)cccc1-n1nnn(C)c1=O)c1cccnc1. The van der Waals surface area contributed by atoms with Crippen LogP contribution in [0, 0.1) is 6.92 Å². The van der Waals surface area contributed by atoms with Gasteiger partial charge in [-0.15, -0.1) is 0 Å². The molecule has 0 saturated heterocycles. The molecule has 0 radical (unpaired) electrons. The number of rotatable bonds is 5. The molecule has 0 fully saturated rings. The number of tetrazole rings is 1. The highest BCUT2D eigenvalue weighted by Gasteiger charge is 2.13. The van der Waals surface area contributed by atoms with Crippen molar-refractivity contribution in [3.8, 4) is 5.69 Å². The number of oxime groups is 1. The summed E-state index contributed by atoms with van der Waals surface area (Å²) in [4.78, 5) is 21.7. The van der Waals surface area contributed by atoms with Gasteiger partial charge in [0.2, 0.25) is 0 Å². The Bertz CT molecular complexity index is 959. The summed E-state index contributed by atoms with van der Waals surface area (Å²) in [6.45, 7) is 4.01. The first-order chi connectivity index (χ1) is 12.1. The molecule has 0 bridgehead atoms. The zero-order chi connectivity index (χ0) is 17.8. The van der Waals surface area contributed by atoms with Crippen LogP contribution in [0.5, 0.6) is 0 Å². The highest BCUT2D eigenvalue weighted by Crippen LogP contribution is 2.18. The highest BCUT2D eigenvalue weighted by atomic mass is 16.6. The first-order valence-electron chi connectivity index (χ1n) is 7.72. The summed E-state index contributed by atoms with van der Waals surface area (Å²) >= 11 is 0. The van der Waals surface area contributed by atoms with E-state index < -0.39 is 0 Å².